The Morgan fingerprint density at radius 2 is 1.72 bits per heavy atom. The van der Waals surface area contributed by atoms with E-state index in [0.717, 1.165) is 77.7 Å². The topological polar surface area (TPSA) is 51.2 Å². The molecule has 2 saturated heterocycles. The van der Waals surface area contributed by atoms with Crippen molar-refractivity contribution in [2.24, 2.45) is 10.9 Å². The van der Waals surface area contributed by atoms with Crippen LogP contribution in [0.25, 0.3) is 0 Å². The van der Waals surface area contributed by atoms with E-state index in [1.54, 1.807) is 0 Å². The molecular formula is C25H40IN5O. The third kappa shape index (κ3) is 6.59. The van der Waals surface area contributed by atoms with Crippen LogP contribution in [0.5, 0.6) is 0 Å². The quantitative estimate of drug-likeness (QED) is 0.334. The summed E-state index contributed by atoms with van der Waals surface area (Å²) in [5.74, 6) is 2.36. The Balaban J connectivity index is 0.00000289. The van der Waals surface area contributed by atoms with Gasteiger partial charge in [-0.25, -0.2) is 0 Å². The van der Waals surface area contributed by atoms with Gasteiger partial charge in [0.1, 0.15) is 0 Å². The standard InChI is InChI=1S/C25H39N5O.HI/c1-2-26-25(30-14-12-23(20-30)21-8-4-3-5-9-21)27-13-15-28-16-18-29(19-17-28)24(31)22-10-6-7-11-22;/h3-5,8-9,22-23H,2,6-7,10-20H2,1H3,(H,26,27);1H. The average Bonchev–Trinajstić information content (AvgIpc) is 3.52. The van der Waals surface area contributed by atoms with Crippen LogP contribution < -0.4 is 5.32 Å². The molecule has 1 N–H and O–H groups in total. The normalized spacial score (nSPS) is 22.8. The molecular weight excluding hydrogens is 513 g/mol. The van der Waals surface area contributed by atoms with Crippen LogP contribution in [0.4, 0.5) is 0 Å². The summed E-state index contributed by atoms with van der Waals surface area (Å²) in [5, 5.41) is 3.49. The summed E-state index contributed by atoms with van der Waals surface area (Å²) in [4.78, 5) is 24.6. The molecule has 3 aliphatic rings. The number of hydrogen-bond donors (Lipinski definition) is 1. The van der Waals surface area contributed by atoms with E-state index in [0.29, 0.717) is 17.7 Å². The molecule has 2 aliphatic heterocycles. The van der Waals surface area contributed by atoms with Crippen molar-refractivity contribution in [1.29, 1.82) is 0 Å². The van der Waals surface area contributed by atoms with Gasteiger partial charge in [0.05, 0.1) is 6.54 Å². The van der Waals surface area contributed by atoms with E-state index in [-0.39, 0.29) is 24.0 Å². The van der Waals surface area contributed by atoms with Crippen molar-refractivity contribution >= 4 is 35.8 Å². The Morgan fingerprint density at radius 3 is 2.41 bits per heavy atom. The molecule has 7 heteroatoms. The smallest absolute Gasteiger partial charge is 0.225 e. The third-order valence-electron chi connectivity index (χ3n) is 7.16. The SMILES string of the molecule is CCNC(=NCCN1CCN(C(=O)C2CCCC2)CC1)N1CCC(c2ccccc2)C1.I. The molecule has 3 fully saturated rings. The van der Waals surface area contributed by atoms with E-state index in [4.69, 9.17) is 4.99 Å². The largest absolute Gasteiger partial charge is 0.357 e. The van der Waals surface area contributed by atoms with Crippen molar-refractivity contribution < 1.29 is 4.79 Å². The van der Waals surface area contributed by atoms with Gasteiger partial charge in [0.2, 0.25) is 5.91 Å². The minimum atomic E-state index is 0. The maximum Gasteiger partial charge on any atom is 0.225 e. The van der Waals surface area contributed by atoms with Crippen molar-refractivity contribution in [2.75, 3.05) is 58.9 Å². The number of piperazine rings is 1. The van der Waals surface area contributed by atoms with Crippen molar-refractivity contribution in [2.45, 2.75) is 44.9 Å². The summed E-state index contributed by atoms with van der Waals surface area (Å²) in [5.41, 5.74) is 1.44. The summed E-state index contributed by atoms with van der Waals surface area (Å²) in [7, 11) is 0. The lowest BCUT2D eigenvalue weighted by Gasteiger charge is -2.35. The van der Waals surface area contributed by atoms with E-state index in [2.05, 4.69) is 57.3 Å². The number of carbonyl (C=O) groups excluding carboxylic acids is 1. The molecule has 1 unspecified atom stereocenters. The van der Waals surface area contributed by atoms with Crippen LogP contribution in [-0.4, -0.2) is 85.5 Å². The lowest BCUT2D eigenvalue weighted by molar-refractivity contribution is -0.137. The third-order valence-corrected chi connectivity index (χ3v) is 7.16. The molecule has 1 aromatic carbocycles. The zero-order valence-corrected chi connectivity index (χ0v) is 21.9. The number of rotatable bonds is 6. The molecule has 0 aromatic heterocycles. The first-order chi connectivity index (χ1) is 15.2. The molecule has 1 aliphatic carbocycles. The summed E-state index contributed by atoms with van der Waals surface area (Å²) >= 11 is 0. The predicted molar refractivity (Wildman–Crippen MR) is 142 cm³/mol. The number of amides is 1. The lowest BCUT2D eigenvalue weighted by atomic mass is 9.99. The molecule has 1 atom stereocenters. The van der Waals surface area contributed by atoms with Crippen LogP contribution in [0.1, 0.15) is 50.5 Å². The van der Waals surface area contributed by atoms with Gasteiger partial charge in [0, 0.05) is 64.2 Å². The number of aliphatic imine (C=N–C) groups is 1. The van der Waals surface area contributed by atoms with Crippen LogP contribution in [-0.2, 0) is 4.79 Å². The first kappa shape index (κ1) is 25.3. The number of benzene rings is 1. The molecule has 4 rings (SSSR count). The number of nitrogens with zero attached hydrogens (tertiary/aromatic N) is 4. The predicted octanol–water partition coefficient (Wildman–Crippen LogP) is 3.39. The highest BCUT2D eigenvalue weighted by atomic mass is 127. The summed E-state index contributed by atoms with van der Waals surface area (Å²) < 4.78 is 0. The number of nitrogens with one attached hydrogen (secondary N) is 1. The molecule has 1 saturated carbocycles. The second kappa shape index (κ2) is 12.8. The summed E-state index contributed by atoms with van der Waals surface area (Å²) in [6, 6.07) is 10.9. The highest BCUT2D eigenvalue weighted by Gasteiger charge is 2.29. The average molecular weight is 554 g/mol. The van der Waals surface area contributed by atoms with Crippen molar-refractivity contribution in [3.8, 4) is 0 Å². The summed E-state index contributed by atoms with van der Waals surface area (Å²) in [6.45, 7) is 10.6. The van der Waals surface area contributed by atoms with E-state index < -0.39 is 0 Å². The molecule has 178 valence electrons. The van der Waals surface area contributed by atoms with Gasteiger partial charge in [-0.2, -0.15) is 0 Å². The zero-order valence-electron chi connectivity index (χ0n) is 19.5. The highest BCUT2D eigenvalue weighted by molar-refractivity contribution is 14.0. The molecule has 1 amide bonds. The molecule has 0 bridgehead atoms. The van der Waals surface area contributed by atoms with Gasteiger partial charge in [-0.05, 0) is 31.7 Å². The van der Waals surface area contributed by atoms with Crippen LogP contribution >= 0.6 is 24.0 Å². The van der Waals surface area contributed by atoms with Crippen molar-refractivity contribution in [1.82, 2.24) is 20.0 Å². The summed E-state index contributed by atoms with van der Waals surface area (Å²) in [6.07, 6.45) is 5.84. The van der Waals surface area contributed by atoms with Crippen LogP contribution in [0.3, 0.4) is 0 Å². The minimum absolute atomic E-state index is 0. The lowest BCUT2D eigenvalue weighted by Crippen LogP contribution is -2.50. The number of guanidine groups is 1. The second-order valence-corrected chi connectivity index (χ2v) is 9.23. The first-order valence-electron chi connectivity index (χ1n) is 12.3. The molecule has 0 radical (unpaired) electrons. The van der Waals surface area contributed by atoms with Crippen molar-refractivity contribution in [3.63, 3.8) is 0 Å². The Morgan fingerprint density at radius 1 is 1.00 bits per heavy atom. The number of likely N-dealkylation sites (tertiary alicyclic amines) is 1. The van der Waals surface area contributed by atoms with Gasteiger partial charge in [-0.3, -0.25) is 14.7 Å². The van der Waals surface area contributed by atoms with Crippen LogP contribution in [0.2, 0.25) is 0 Å². The Kier molecular flexibility index (Phi) is 10.1. The minimum Gasteiger partial charge on any atom is -0.357 e. The van der Waals surface area contributed by atoms with Gasteiger partial charge in [0.15, 0.2) is 5.96 Å². The van der Waals surface area contributed by atoms with Gasteiger partial charge >= 0.3 is 0 Å². The fourth-order valence-corrected chi connectivity index (χ4v) is 5.30. The number of carbonyl (C=O) groups is 1. The maximum absolute atomic E-state index is 12.6. The van der Waals surface area contributed by atoms with Crippen molar-refractivity contribution in [3.05, 3.63) is 35.9 Å². The Hall–Kier alpha value is -1.35. The molecule has 2 heterocycles. The van der Waals surface area contributed by atoms with Gasteiger partial charge in [-0.15, -0.1) is 24.0 Å². The van der Waals surface area contributed by atoms with E-state index in [1.807, 2.05) is 0 Å². The molecule has 0 spiro atoms. The Labute approximate surface area is 210 Å². The first-order valence-corrected chi connectivity index (χ1v) is 12.3. The molecule has 32 heavy (non-hydrogen) atoms. The second-order valence-electron chi connectivity index (χ2n) is 9.23. The van der Waals surface area contributed by atoms with E-state index in [1.165, 1.54) is 24.8 Å². The Bertz CT molecular complexity index is 729. The van der Waals surface area contributed by atoms with E-state index in [9.17, 15) is 4.79 Å². The molecule has 1 aromatic rings. The fraction of sp³-hybridized carbons (Fsp3) is 0.680. The molecule has 6 nitrogen and oxygen atoms in total. The van der Waals surface area contributed by atoms with Gasteiger partial charge in [0.25, 0.3) is 0 Å². The fourth-order valence-electron chi connectivity index (χ4n) is 5.30. The number of hydrogen-bond acceptors (Lipinski definition) is 3. The maximum atomic E-state index is 12.6. The van der Waals surface area contributed by atoms with Gasteiger partial charge in [-0.1, -0.05) is 43.2 Å². The van der Waals surface area contributed by atoms with Crippen LogP contribution in [0.15, 0.2) is 35.3 Å². The zero-order chi connectivity index (χ0) is 21.5. The van der Waals surface area contributed by atoms with E-state index >= 15 is 0 Å². The number of halogens is 1. The monoisotopic (exact) mass is 553 g/mol. The van der Waals surface area contributed by atoms with Gasteiger partial charge < -0.3 is 15.1 Å². The van der Waals surface area contributed by atoms with Crippen LogP contribution in [0, 0.1) is 5.92 Å². The highest BCUT2D eigenvalue weighted by Crippen LogP contribution is 2.28.